The standard InChI is InChI=1S/C20H29N5/c1-4-21-20(23-15-18-12-8-9-13-22-18)24-16-19(25(2)3)14-17-10-6-5-7-11-17/h5-13,19H,4,14-16H2,1-3H3,(H2,21,23,24). The van der Waals surface area contributed by atoms with Crippen LogP contribution in [0.2, 0.25) is 0 Å². The van der Waals surface area contributed by atoms with E-state index in [0.29, 0.717) is 12.6 Å². The average Bonchev–Trinajstić information content (AvgIpc) is 2.64. The zero-order valence-corrected chi connectivity index (χ0v) is 15.4. The van der Waals surface area contributed by atoms with Gasteiger partial charge in [-0.05, 0) is 45.1 Å². The highest BCUT2D eigenvalue weighted by Gasteiger charge is 2.13. The quantitative estimate of drug-likeness (QED) is 0.572. The molecule has 0 radical (unpaired) electrons. The number of aromatic nitrogens is 1. The molecule has 5 nitrogen and oxygen atoms in total. The predicted molar refractivity (Wildman–Crippen MR) is 105 cm³/mol. The highest BCUT2D eigenvalue weighted by molar-refractivity contribution is 5.79. The fraction of sp³-hybridized carbons (Fsp3) is 0.400. The van der Waals surface area contributed by atoms with Crippen LogP contribution in [-0.4, -0.2) is 49.1 Å². The van der Waals surface area contributed by atoms with E-state index in [0.717, 1.165) is 31.2 Å². The summed E-state index contributed by atoms with van der Waals surface area (Å²) in [7, 11) is 4.24. The minimum Gasteiger partial charge on any atom is -0.357 e. The first-order chi connectivity index (χ1) is 12.2. The number of nitrogens with zero attached hydrogens (tertiary/aromatic N) is 3. The fourth-order valence-corrected chi connectivity index (χ4v) is 2.53. The Bertz CT molecular complexity index is 625. The van der Waals surface area contributed by atoms with Gasteiger partial charge in [0.15, 0.2) is 5.96 Å². The summed E-state index contributed by atoms with van der Waals surface area (Å²) >= 11 is 0. The van der Waals surface area contributed by atoms with Crippen molar-refractivity contribution in [3.05, 3.63) is 66.0 Å². The number of rotatable bonds is 8. The van der Waals surface area contributed by atoms with E-state index in [1.165, 1.54) is 5.56 Å². The first kappa shape index (κ1) is 18.9. The molecule has 0 saturated heterocycles. The van der Waals surface area contributed by atoms with Gasteiger partial charge in [0.1, 0.15) is 0 Å². The van der Waals surface area contributed by atoms with Gasteiger partial charge < -0.3 is 15.5 Å². The summed E-state index contributed by atoms with van der Waals surface area (Å²) in [6.45, 7) is 4.31. The van der Waals surface area contributed by atoms with Gasteiger partial charge in [-0.3, -0.25) is 4.98 Å². The average molecular weight is 339 g/mol. The molecule has 2 aromatic rings. The first-order valence-electron chi connectivity index (χ1n) is 8.81. The smallest absolute Gasteiger partial charge is 0.191 e. The molecule has 0 fully saturated rings. The molecule has 0 amide bonds. The number of pyridine rings is 1. The van der Waals surface area contributed by atoms with Gasteiger partial charge in [0.05, 0.1) is 12.2 Å². The molecule has 1 aromatic heterocycles. The molecule has 1 unspecified atom stereocenters. The lowest BCUT2D eigenvalue weighted by atomic mass is 10.1. The molecular weight excluding hydrogens is 310 g/mol. The minimum absolute atomic E-state index is 0.390. The SMILES string of the molecule is CCNC(=NCc1ccccn1)NCC(Cc1ccccc1)N(C)C. The van der Waals surface area contributed by atoms with Crippen molar-refractivity contribution in [1.29, 1.82) is 0 Å². The largest absolute Gasteiger partial charge is 0.357 e. The second-order valence-corrected chi connectivity index (χ2v) is 6.20. The Kier molecular flexibility index (Phi) is 7.92. The normalized spacial score (nSPS) is 12.9. The zero-order chi connectivity index (χ0) is 17.9. The van der Waals surface area contributed by atoms with Crippen molar-refractivity contribution in [2.75, 3.05) is 27.2 Å². The summed E-state index contributed by atoms with van der Waals surface area (Å²) < 4.78 is 0. The molecule has 1 aromatic carbocycles. The van der Waals surface area contributed by atoms with Gasteiger partial charge in [-0.2, -0.15) is 0 Å². The molecule has 1 heterocycles. The summed E-state index contributed by atoms with van der Waals surface area (Å²) in [6.07, 6.45) is 2.80. The Morgan fingerprint density at radius 2 is 1.84 bits per heavy atom. The molecule has 134 valence electrons. The number of benzene rings is 1. The molecule has 0 bridgehead atoms. The Hall–Kier alpha value is -2.40. The number of hydrogen-bond donors (Lipinski definition) is 2. The molecule has 0 saturated carbocycles. The summed E-state index contributed by atoms with van der Waals surface area (Å²) in [4.78, 5) is 11.2. The Labute approximate surface area is 151 Å². The predicted octanol–water partition coefficient (Wildman–Crippen LogP) is 2.31. The van der Waals surface area contributed by atoms with E-state index in [1.807, 2.05) is 18.2 Å². The molecule has 25 heavy (non-hydrogen) atoms. The monoisotopic (exact) mass is 339 g/mol. The van der Waals surface area contributed by atoms with E-state index in [4.69, 9.17) is 0 Å². The van der Waals surface area contributed by atoms with Crippen LogP contribution in [-0.2, 0) is 13.0 Å². The van der Waals surface area contributed by atoms with Crippen LogP contribution in [0.1, 0.15) is 18.2 Å². The number of hydrogen-bond acceptors (Lipinski definition) is 3. The summed E-state index contributed by atoms with van der Waals surface area (Å²) in [6, 6.07) is 16.9. The summed E-state index contributed by atoms with van der Waals surface area (Å²) in [5, 5.41) is 6.77. The van der Waals surface area contributed by atoms with E-state index in [-0.39, 0.29) is 0 Å². The fourth-order valence-electron chi connectivity index (χ4n) is 2.53. The van der Waals surface area contributed by atoms with Crippen molar-refractivity contribution in [2.45, 2.75) is 25.9 Å². The second-order valence-electron chi connectivity index (χ2n) is 6.20. The third kappa shape index (κ3) is 6.93. The van der Waals surface area contributed by atoms with Crippen LogP contribution in [0.3, 0.4) is 0 Å². The summed E-state index contributed by atoms with van der Waals surface area (Å²) in [5.41, 5.74) is 2.31. The van der Waals surface area contributed by atoms with Gasteiger partial charge >= 0.3 is 0 Å². The van der Waals surface area contributed by atoms with Crippen molar-refractivity contribution in [2.24, 2.45) is 4.99 Å². The highest BCUT2D eigenvalue weighted by Crippen LogP contribution is 2.06. The third-order valence-corrected chi connectivity index (χ3v) is 4.02. The van der Waals surface area contributed by atoms with E-state index in [1.54, 1.807) is 6.20 Å². The van der Waals surface area contributed by atoms with E-state index < -0.39 is 0 Å². The Balaban J connectivity index is 1.94. The van der Waals surface area contributed by atoms with Crippen molar-refractivity contribution >= 4 is 5.96 Å². The highest BCUT2D eigenvalue weighted by atomic mass is 15.2. The van der Waals surface area contributed by atoms with Gasteiger partial charge in [-0.15, -0.1) is 0 Å². The Morgan fingerprint density at radius 3 is 2.48 bits per heavy atom. The lowest BCUT2D eigenvalue weighted by Gasteiger charge is -2.25. The van der Waals surface area contributed by atoms with Gasteiger partial charge in [-0.25, -0.2) is 4.99 Å². The maximum atomic E-state index is 4.64. The lowest BCUT2D eigenvalue weighted by Crippen LogP contribution is -2.46. The van der Waals surface area contributed by atoms with Gasteiger partial charge in [0.25, 0.3) is 0 Å². The lowest BCUT2D eigenvalue weighted by molar-refractivity contribution is 0.290. The van der Waals surface area contributed by atoms with E-state index in [2.05, 4.69) is 76.9 Å². The molecule has 2 rings (SSSR count). The van der Waals surface area contributed by atoms with E-state index in [9.17, 15) is 0 Å². The van der Waals surface area contributed by atoms with Gasteiger partial charge in [0, 0.05) is 25.3 Å². The van der Waals surface area contributed by atoms with Gasteiger partial charge in [-0.1, -0.05) is 36.4 Å². The number of aliphatic imine (C=N–C) groups is 1. The maximum absolute atomic E-state index is 4.64. The first-order valence-corrected chi connectivity index (χ1v) is 8.81. The number of guanidine groups is 1. The van der Waals surface area contributed by atoms with Crippen LogP contribution in [0, 0.1) is 0 Å². The molecule has 1 atom stereocenters. The third-order valence-electron chi connectivity index (χ3n) is 4.02. The van der Waals surface area contributed by atoms with Gasteiger partial charge in [0.2, 0.25) is 0 Å². The maximum Gasteiger partial charge on any atom is 0.191 e. The van der Waals surface area contributed by atoms with Crippen molar-refractivity contribution in [3.8, 4) is 0 Å². The van der Waals surface area contributed by atoms with Crippen LogP contribution in [0.5, 0.6) is 0 Å². The summed E-state index contributed by atoms with van der Waals surface area (Å²) in [5.74, 6) is 0.827. The van der Waals surface area contributed by atoms with Crippen molar-refractivity contribution in [1.82, 2.24) is 20.5 Å². The molecule has 0 aliphatic rings. The van der Waals surface area contributed by atoms with Crippen LogP contribution in [0.15, 0.2) is 59.7 Å². The van der Waals surface area contributed by atoms with Crippen molar-refractivity contribution in [3.63, 3.8) is 0 Å². The van der Waals surface area contributed by atoms with Crippen LogP contribution >= 0.6 is 0 Å². The molecule has 0 aliphatic heterocycles. The molecule has 0 spiro atoms. The molecule has 2 N–H and O–H groups in total. The van der Waals surface area contributed by atoms with E-state index >= 15 is 0 Å². The second kappa shape index (κ2) is 10.5. The van der Waals surface area contributed by atoms with Crippen LogP contribution < -0.4 is 10.6 Å². The minimum atomic E-state index is 0.390. The number of nitrogens with one attached hydrogen (secondary N) is 2. The molecule has 5 heteroatoms. The molecular formula is C20H29N5. The molecule has 0 aliphatic carbocycles. The van der Waals surface area contributed by atoms with Crippen molar-refractivity contribution < 1.29 is 0 Å². The van der Waals surface area contributed by atoms with Crippen LogP contribution in [0.25, 0.3) is 0 Å². The topological polar surface area (TPSA) is 52.6 Å². The zero-order valence-electron chi connectivity index (χ0n) is 15.4. The number of likely N-dealkylation sites (N-methyl/N-ethyl adjacent to an activating group) is 1. The van der Waals surface area contributed by atoms with Crippen LogP contribution in [0.4, 0.5) is 0 Å². The Morgan fingerprint density at radius 1 is 1.08 bits per heavy atom.